The first-order valence-electron chi connectivity index (χ1n) is 6.92. The third kappa shape index (κ3) is 3.04. The highest BCUT2D eigenvalue weighted by molar-refractivity contribution is 5.95. The molecule has 0 aromatic heterocycles. The van der Waals surface area contributed by atoms with Gasteiger partial charge in [-0.25, -0.2) is 0 Å². The maximum absolute atomic E-state index is 12.5. The lowest BCUT2D eigenvalue weighted by molar-refractivity contribution is 0.0659. The van der Waals surface area contributed by atoms with Gasteiger partial charge < -0.3 is 20.3 Å². The molecule has 1 saturated heterocycles. The van der Waals surface area contributed by atoms with E-state index in [1.807, 2.05) is 11.9 Å². The number of hydrogen-bond acceptors (Lipinski definition) is 4. The molecular formula is C15H23N3O2. The number of carbonyl (C=O) groups is 1. The minimum absolute atomic E-state index is 0.0258. The molecule has 2 N–H and O–H groups in total. The summed E-state index contributed by atoms with van der Waals surface area (Å²) < 4.78 is 5.17. The van der Waals surface area contributed by atoms with E-state index in [1.54, 1.807) is 25.3 Å². The number of nitrogens with two attached hydrogens (primary N) is 1. The van der Waals surface area contributed by atoms with E-state index in [0.29, 0.717) is 23.0 Å². The lowest BCUT2D eigenvalue weighted by Crippen LogP contribution is -2.44. The molecule has 0 aliphatic carbocycles. The van der Waals surface area contributed by atoms with Gasteiger partial charge in [0.05, 0.1) is 12.8 Å². The molecule has 5 heteroatoms. The van der Waals surface area contributed by atoms with E-state index < -0.39 is 0 Å². The fraction of sp³-hybridized carbons (Fsp3) is 0.533. The Morgan fingerprint density at radius 1 is 1.40 bits per heavy atom. The molecule has 110 valence electrons. The summed E-state index contributed by atoms with van der Waals surface area (Å²) in [5.41, 5.74) is 6.95. The normalized spacial score (nSPS) is 16.9. The van der Waals surface area contributed by atoms with E-state index in [4.69, 9.17) is 10.5 Å². The Kier molecular flexibility index (Phi) is 4.49. The number of amides is 1. The summed E-state index contributed by atoms with van der Waals surface area (Å²) in [6.07, 6.45) is 2.04. The smallest absolute Gasteiger partial charge is 0.253 e. The van der Waals surface area contributed by atoms with Gasteiger partial charge in [0.2, 0.25) is 0 Å². The first kappa shape index (κ1) is 14.7. The van der Waals surface area contributed by atoms with Crippen LogP contribution in [0.5, 0.6) is 5.75 Å². The van der Waals surface area contributed by atoms with E-state index in [2.05, 4.69) is 11.9 Å². The van der Waals surface area contributed by atoms with Crippen molar-refractivity contribution in [1.82, 2.24) is 9.80 Å². The predicted molar refractivity (Wildman–Crippen MR) is 80.0 cm³/mol. The van der Waals surface area contributed by atoms with Gasteiger partial charge >= 0.3 is 0 Å². The van der Waals surface area contributed by atoms with Crippen molar-refractivity contribution >= 4 is 11.6 Å². The quantitative estimate of drug-likeness (QED) is 0.849. The number of benzene rings is 1. The Hall–Kier alpha value is -1.75. The standard InChI is InChI=1S/C15H23N3O2/c1-17-8-6-12(7-9-17)18(2)15(19)11-4-5-13(16)14(10-11)20-3/h4-5,10,12H,6-9,16H2,1-3H3. The van der Waals surface area contributed by atoms with Crippen LogP contribution in [0, 0.1) is 0 Å². The monoisotopic (exact) mass is 277 g/mol. The Bertz CT molecular complexity index is 482. The van der Waals surface area contributed by atoms with E-state index in [9.17, 15) is 4.79 Å². The molecule has 20 heavy (non-hydrogen) atoms. The van der Waals surface area contributed by atoms with Crippen molar-refractivity contribution in [2.45, 2.75) is 18.9 Å². The summed E-state index contributed by atoms with van der Waals surface area (Å²) in [4.78, 5) is 16.7. The number of ether oxygens (including phenoxy) is 1. The zero-order valence-electron chi connectivity index (χ0n) is 12.4. The van der Waals surface area contributed by atoms with Crippen LogP contribution < -0.4 is 10.5 Å². The second-order valence-electron chi connectivity index (χ2n) is 5.41. The van der Waals surface area contributed by atoms with Crippen LogP contribution in [-0.2, 0) is 0 Å². The summed E-state index contributed by atoms with van der Waals surface area (Å²) in [5, 5.41) is 0. The number of rotatable bonds is 3. The molecule has 1 aromatic rings. The molecule has 1 amide bonds. The first-order valence-corrected chi connectivity index (χ1v) is 6.92. The lowest BCUT2D eigenvalue weighted by Gasteiger charge is -2.35. The lowest BCUT2D eigenvalue weighted by atomic mass is 10.0. The van der Waals surface area contributed by atoms with E-state index in [0.717, 1.165) is 25.9 Å². The zero-order chi connectivity index (χ0) is 14.7. The van der Waals surface area contributed by atoms with Crippen LogP contribution in [0.3, 0.4) is 0 Å². The maximum atomic E-state index is 12.5. The van der Waals surface area contributed by atoms with Gasteiger partial charge in [-0.2, -0.15) is 0 Å². The minimum atomic E-state index is 0.0258. The fourth-order valence-electron chi connectivity index (χ4n) is 2.60. The van der Waals surface area contributed by atoms with Crippen LogP contribution >= 0.6 is 0 Å². The molecule has 2 rings (SSSR count). The molecule has 0 bridgehead atoms. The number of hydrogen-bond donors (Lipinski definition) is 1. The van der Waals surface area contributed by atoms with Crippen LogP contribution in [-0.4, -0.2) is 56.0 Å². The van der Waals surface area contributed by atoms with Crippen LogP contribution in [0.1, 0.15) is 23.2 Å². The average Bonchev–Trinajstić information content (AvgIpc) is 2.47. The summed E-state index contributed by atoms with van der Waals surface area (Å²) in [6, 6.07) is 5.49. The van der Waals surface area contributed by atoms with Gasteiger partial charge in [0, 0.05) is 18.7 Å². The average molecular weight is 277 g/mol. The SMILES string of the molecule is COc1cc(C(=O)N(C)C2CCN(C)CC2)ccc1N. The fourth-order valence-corrected chi connectivity index (χ4v) is 2.60. The molecule has 1 aliphatic heterocycles. The molecule has 0 unspecified atom stereocenters. The molecule has 1 aromatic carbocycles. The van der Waals surface area contributed by atoms with Crippen molar-refractivity contribution in [2.24, 2.45) is 0 Å². The summed E-state index contributed by atoms with van der Waals surface area (Å²) >= 11 is 0. The van der Waals surface area contributed by atoms with Gasteiger partial charge in [-0.05, 0) is 51.2 Å². The molecule has 0 spiro atoms. The van der Waals surface area contributed by atoms with E-state index >= 15 is 0 Å². The van der Waals surface area contributed by atoms with E-state index in [1.165, 1.54) is 0 Å². The molecule has 0 radical (unpaired) electrons. The summed E-state index contributed by atoms with van der Waals surface area (Å²) in [5.74, 6) is 0.575. The number of piperidine rings is 1. The highest BCUT2D eigenvalue weighted by Gasteiger charge is 2.25. The highest BCUT2D eigenvalue weighted by Crippen LogP contribution is 2.24. The van der Waals surface area contributed by atoms with Crippen molar-refractivity contribution in [1.29, 1.82) is 0 Å². The van der Waals surface area contributed by atoms with Crippen molar-refractivity contribution in [3.63, 3.8) is 0 Å². The Balaban J connectivity index is 2.10. The minimum Gasteiger partial charge on any atom is -0.495 e. The number of methoxy groups -OCH3 is 1. The van der Waals surface area contributed by atoms with Gasteiger partial charge in [0.25, 0.3) is 5.91 Å². The molecule has 1 aliphatic rings. The first-order chi connectivity index (χ1) is 9.52. The molecule has 1 heterocycles. The third-order valence-corrected chi connectivity index (χ3v) is 4.04. The number of anilines is 1. The van der Waals surface area contributed by atoms with Crippen LogP contribution in [0.2, 0.25) is 0 Å². The van der Waals surface area contributed by atoms with Crippen molar-refractivity contribution in [3.8, 4) is 5.75 Å². The zero-order valence-corrected chi connectivity index (χ0v) is 12.4. The Labute approximate surface area is 120 Å². The summed E-state index contributed by atoms with van der Waals surface area (Å²) in [6.45, 7) is 2.07. The number of nitrogens with zero attached hydrogens (tertiary/aromatic N) is 2. The molecule has 0 atom stereocenters. The molecule has 1 fully saturated rings. The van der Waals surface area contributed by atoms with Crippen molar-refractivity contribution in [3.05, 3.63) is 23.8 Å². The van der Waals surface area contributed by atoms with Crippen LogP contribution in [0.15, 0.2) is 18.2 Å². The van der Waals surface area contributed by atoms with E-state index in [-0.39, 0.29) is 5.91 Å². The van der Waals surface area contributed by atoms with Gasteiger partial charge in [0.15, 0.2) is 0 Å². The van der Waals surface area contributed by atoms with Crippen molar-refractivity contribution in [2.75, 3.05) is 40.0 Å². The van der Waals surface area contributed by atoms with Gasteiger partial charge in [-0.3, -0.25) is 4.79 Å². The third-order valence-electron chi connectivity index (χ3n) is 4.04. The molecular weight excluding hydrogens is 254 g/mol. The van der Waals surface area contributed by atoms with Crippen LogP contribution in [0.25, 0.3) is 0 Å². The number of carbonyl (C=O) groups excluding carboxylic acids is 1. The Morgan fingerprint density at radius 2 is 2.05 bits per heavy atom. The van der Waals surface area contributed by atoms with Crippen LogP contribution in [0.4, 0.5) is 5.69 Å². The molecule has 5 nitrogen and oxygen atoms in total. The van der Waals surface area contributed by atoms with Crippen molar-refractivity contribution < 1.29 is 9.53 Å². The number of likely N-dealkylation sites (tertiary alicyclic amines) is 1. The topological polar surface area (TPSA) is 58.8 Å². The largest absolute Gasteiger partial charge is 0.495 e. The predicted octanol–water partition coefficient (Wildman–Crippen LogP) is 1.44. The number of nitrogen functional groups attached to an aromatic ring is 1. The highest BCUT2D eigenvalue weighted by atomic mass is 16.5. The summed E-state index contributed by atoms with van der Waals surface area (Å²) in [7, 11) is 5.55. The van der Waals surface area contributed by atoms with Gasteiger partial charge in [-0.1, -0.05) is 0 Å². The van der Waals surface area contributed by atoms with Gasteiger partial charge in [0.1, 0.15) is 5.75 Å². The molecule has 0 saturated carbocycles. The second-order valence-corrected chi connectivity index (χ2v) is 5.41. The Morgan fingerprint density at radius 3 is 2.65 bits per heavy atom. The second kappa shape index (κ2) is 6.13. The maximum Gasteiger partial charge on any atom is 0.253 e. The van der Waals surface area contributed by atoms with Gasteiger partial charge in [-0.15, -0.1) is 0 Å².